The third kappa shape index (κ3) is 7.87. The number of hydrogen-bond acceptors (Lipinski definition) is 0. The minimum atomic E-state index is -0.346. The molecular formula is C26H39Cl2PRu. The monoisotopic (exact) mass is 554 g/mol. The number of allylic oxidation sites excluding steroid dienone is 2. The fraction of sp³-hybridized carbons (Fsp3) is 0.692. The number of benzene rings is 1. The molecule has 0 bridgehead atoms. The first-order valence-corrected chi connectivity index (χ1v) is 18.2. The second-order valence-electron chi connectivity index (χ2n) is 9.31. The van der Waals surface area contributed by atoms with Gasteiger partial charge in [0, 0.05) is 5.66 Å². The summed E-state index contributed by atoms with van der Waals surface area (Å²) in [5, 5.41) is 0. The molecule has 1 aromatic carbocycles. The van der Waals surface area contributed by atoms with Gasteiger partial charge in [-0.05, 0) is 68.2 Å². The molecule has 3 saturated carbocycles. The summed E-state index contributed by atoms with van der Waals surface area (Å²) in [7, 11) is 9.90. The number of rotatable bonds is 5. The van der Waals surface area contributed by atoms with Gasteiger partial charge in [0.25, 0.3) is 0 Å². The van der Waals surface area contributed by atoms with Crippen molar-refractivity contribution in [1.82, 2.24) is 0 Å². The van der Waals surface area contributed by atoms with E-state index in [2.05, 4.69) is 36.4 Å². The Kier molecular flexibility index (Phi) is 12.3. The van der Waals surface area contributed by atoms with Gasteiger partial charge in [0.05, 0.1) is 0 Å². The van der Waals surface area contributed by atoms with E-state index in [1.54, 1.807) is 25.7 Å². The fourth-order valence-corrected chi connectivity index (χ4v) is 10.7. The van der Waals surface area contributed by atoms with E-state index in [0.717, 1.165) is 23.4 Å². The van der Waals surface area contributed by atoms with Crippen LogP contribution < -0.4 is 0 Å². The molecule has 4 heteroatoms. The summed E-state index contributed by atoms with van der Waals surface area (Å²) < 4.78 is 0. The van der Waals surface area contributed by atoms with E-state index in [1.807, 2.05) is 5.57 Å². The molecule has 0 saturated heterocycles. The molecule has 0 spiro atoms. The van der Waals surface area contributed by atoms with Crippen molar-refractivity contribution >= 4 is 27.3 Å². The Balaban J connectivity index is 0.000000806. The summed E-state index contributed by atoms with van der Waals surface area (Å²) in [6.45, 7) is 0. The number of hydrogen-bond donors (Lipinski definition) is 0. The van der Waals surface area contributed by atoms with Crippen LogP contribution in [0.1, 0.15) is 95.5 Å². The summed E-state index contributed by atoms with van der Waals surface area (Å²) in [6, 6.07) is 11.2. The molecule has 0 nitrogen and oxygen atoms in total. The van der Waals surface area contributed by atoms with Gasteiger partial charge in [-0.25, -0.2) is 0 Å². The Morgan fingerprint density at radius 1 is 0.767 bits per heavy atom. The molecule has 1 unspecified atom stereocenters. The van der Waals surface area contributed by atoms with Crippen LogP contribution in [-0.4, -0.2) is 17.0 Å². The van der Waals surface area contributed by atoms with E-state index in [9.17, 15) is 0 Å². The average molecular weight is 555 g/mol. The summed E-state index contributed by atoms with van der Waals surface area (Å²) in [6.07, 6.45) is 25.0. The van der Waals surface area contributed by atoms with E-state index < -0.39 is 0 Å². The van der Waals surface area contributed by atoms with Crippen molar-refractivity contribution in [2.24, 2.45) is 0 Å². The van der Waals surface area contributed by atoms with Crippen LogP contribution in [0, 0.1) is 0 Å². The molecule has 0 heterocycles. The quantitative estimate of drug-likeness (QED) is 0.193. The van der Waals surface area contributed by atoms with Crippen molar-refractivity contribution in [3.05, 3.63) is 47.5 Å². The molecule has 0 aromatic heterocycles. The maximum atomic E-state index is 4.85. The van der Waals surface area contributed by atoms with Gasteiger partial charge in [-0.2, -0.15) is 0 Å². The van der Waals surface area contributed by atoms with E-state index in [4.69, 9.17) is 19.4 Å². The molecule has 3 aliphatic carbocycles. The van der Waals surface area contributed by atoms with E-state index >= 15 is 0 Å². The topological polar surface area (TPSA) is 0 Å². The first-order chi connectivity index (χ1) is 14.8. The summed E-state index contributed by atoms with van der Waals surface area (Å²) in [5.74, 6) is 0. The third-order valence-corrected chi connectivity index (χ3v) is 11.4. The summed E-state index contributed by atoms with van der Waals surface area (Å²) >= 11 is -0.346. The van der Waals surface area contributed by atoms with Crippen LogP contribution in [0.5, 0.6) is 0 Å². The van der Waals surface area contributed by atoms with Gasteiger partial charge in [0.1, 0.15) is 0 Å². The Labute approximate surface area is 202 Å². The standard InChI is InChI=1S/C26H39P.2ClH.Ru/c1-4-12-22(13-5-1)20-21-23-14-10-11-19-26(23)27(24-15-6-2-7-16-24)25-17-8-3-9-18-25;;;/h1,4-5,12-13,21,24-26H,2-3,6-11,14-20H2;2*1H;/q;;;+2/p-2. The van der Waals surface area contributed by atoms with Gasteiger partial charge in [-0.3, -0.25) is 0 Å². The van der Waals surface area contributed by atoms with Crippen LogP contribution in [0.4, 0.5) is 0 Å². The second-order valence-corrected chi connectivity index (χ2v) is 14.9. The zero-order chi connectivity index (χ0) is 21.0. The van der Waals surface area contributed by atoms with Crippen LogP contribution in [0.15, 0.2) is 42.0 Å². The number of halogens is 2. The summed E-state index contributed by atoms with van der Waals surface area (Å²) in [4.78, 5) is 0. The van der Waals surface area contributed by atoms with Gasteiger partial charge in [-0.1, -0.05) is 94.8 Å². The van der Waals surface area contributed by atoms with Crippen LogP contribution in [0.25, 0.3) is 0 Å². The molecule has 1 aromatic rings. The Bertz CT molecular complexity index is 591. The predicted molar refractivity (Wildman–Crippen MR) is 133 cm³/mol. The van der Waals surface area contributed by atoms with E-state index in [1.165, 1.54) is 69.8 Å². The predicted octanol–water partition coefficient (Wildman–Crippen LogP) is 9.62. The van der Waals surface area contributed by atoms with Crippen molar-refractivity contribution in [2.75, 3.05) is 0 Å². The molecule has 170 valence electrons. The maximum absolute atomic E-state index is 4.85. The Hall–Kier alpha value is 0.593. The zero-order valence-corrected chi connectivity index (χ0v) is 22.5. The second kappa shape index (κ2) is 14.7. The van der Waals surface area contributed by atoms with Crippen molar-refractivity contribution in [2.45, 2.75) is 113 Å². The molecule has 0 aliphatic heterocycles. The van der Waals surface area contributed by atoms with Crippen LogP contribution in [0.2, 0.25) is 0 Å². The van der Waals surface area contributed by atoms with Crippen LogP contribution in [0.3, 0.4) is 0 Å². The van der Waals surface area contributed by atoms with Gasteiger partial charge in [0.2, 0.25) is 0 Å². The molecule has 0 radical (unpaired) electrons. The molecule has 3 fully saturated rings. The molecular weight excluding hydrogens is 515 g/mol. The minimum absolute atomic E-state index is 0.197. The molecule has 30 heavy (non-hydrogen) atoms. The SMILES string of the molecule is C(Cc1ccccc1)=C1CCCCC1P(C1CCCCC1)C1CCCCC1.[Cl][Ru][Cl]. The van der Waals surface area contributed by atoms with Crippen molar-refractivity contribution in [3.63, 3.8) is 0 Å². The molecule has 0 N–H and O–H groups in total. The normalized spacial score (nSPS) is 25.3. The van der Waals surface area contributed by atoms with E-state index in [-0.39, 0.29) is 23.1 Å². The Morgan fingerprint density at radius 3 is 1.87 bits per heavy atom. The van der Waals surface area contributed by atoms with Gasteiger partial charge in [0.15, 0.2) is 0 Å². The Morgan fingerprint density at radius 2 is 1.30 bits per heavy atom. The first-order valence-electron chi connectivity index (χ1n) is 12.2. The molecule has 4 rings (SSSR count). The molecule has 1 atom stereocenters. The summed E-state index contributed by atoms with van der Waals surface area (Å²) in [5.41, 5.74) is 6.55. The van der Waals surface area contributed by atoms with Crippen LogP contribution >= 0.6 is 27.3 Å². The van der Waals surface area contributed by atoms with Crippen LogP contribution in [-0.2, 0) is 21.6 Å². The fourth-order valence-electron chi connectivity index (χ4n) is 6.03. The first kappa shape index (κ1) is 25.2. The van der Waals surface area contributed by atoms with Crippen molar-refractivity contribution in [1.29, 1.82) is 0 Å². The van der Waals surface area contributed by atoms with Gasteiger partial charge in [-0.15, -0.1) is 0 Å². The van der Waals surface area contributed by atoms with E-state index in [0.29, 0.717) is 0 Å². The average Bonchev–Trinajstić information content (AvgIpc) is 2.81. The van der Waals surface area contributed by atoms with Gasteiger partial charge >= 0.3 is 34.5 Å². The van der Waals surface area contributed by atoms with Crippen molar-refractivity contribution in [3.8, 4) is 0 Å². The molecule has 0 amide bonds. The molecule has 3 aliphatic rings. The third-order valence-electron chi connectivity index (χ3n) is 7.42. The van der Waals surface area contributed by atoms with Gasteiger partial charge < -0.3 is 0 Å². The van der Waals surface area contributed by atoms with Crippen molar-refractivity contribution < 1.29 is 15.1 Å². The zero-order valence-electron chi connectivity index (χ0n) is 18.4.